The Balaban J connectivity index is 3.99. The SMILES string of the molecule is CCC(=O)CCOC(C)(C)CCOC(C)(C)CCC(=O)NC. The molecule has 0 radical (unpaired) electrons. The molecule has 0 aromatic rings. The first-order chi connectivity index (χ1) is 10.1. The molecule has 0 fully saturated rings. The summed E-state index contributed by atoms with van der Waals surface area (Å²) in [7, 11) is 1.64. The highest BCUT2D eigenvalue weighted by molar-refractivity contribution is 5.78. The van der Waals surface area contributed by atoms with Crippen LogP contribution in [0.5, 0.6) is 0 Å². The highest BCUT2D eigenvalue weighted by Crippen LogP contribution is 2.20. The van der Waals surface area contributed by atoms with Crippen LogP contribution in [-0.4, -0.2) is 43.2 Å². The second-order valence-corrected chi connectivity index (χ2v) is 6.78. The van der Waals surface area contributed by atoms with Crippen LogP contribution in [0.1, 0.15) is 66.7 Å². The van der Waals surface area contributed by atoms with Crippen LogP contribution in [0.4, 0.5) is 0 Å². The molecule has 0 saturated carbocycles. The number of carbonyl (C=O) groups is 2. The summed E-state index contributed by atoms with van der Waals surface area (Å²) in [6, 6.07) is 0. The van der Waals surface area contributed by atoms with Crippen LogP contribution in [0.2, 0.25) is 0 Å². The molecule has 0 rings (SSSR count). The van der Waals surface area contributed by atoms with Gasteiger partial charge in [-0.25, -0.2) is 0 Å². The van der Waals surface area contributed by atoms with E-state index in [2.05, 4.69) is 5.32 Å². The summed E-state index contributed by atoms with van der Waals surface area (Å²) in [6.07, 6.45) is 2.92. The molecule has 5 nitrogen and oxygen atoms in total. The van der Waals surface area contributed by atoms with Crippen LogP contribution in [0, 0.1) is 0 Å². The molecule has 0 heterocycles. The maximum absolute atomic E-state index is 11.3. The van der Waals surface area contributed by atoms with Gasteiger partial charge in [-0.2, -0.15) is 0 Å². The number of Topliss-reactive ketones (excluding diaryl/α,β-unsaturated/α-hetero) is 1. The number of ether oxygens (including phenoxy) is 2. The lowest BCUT2D eigenvalue weighted by Gasteiger charge is -2.29. The van der Waals surface area contributed by atoms with E-state index in [4.69, 9.17) is 9.47 Å². The lowest BCUT2D eigenvalue weighted by Crippen LogP contribution is -2.32. The number of carbonyl (C=O) groups excluding carboxylic acids is 2. The van der Waals surface area contributed by atoms with E-state index in [0.29, 0.717) is 38.9 Å². The zero-order valence-electron chi connectivity index (χ0n) is 15.1. The van der Waals surface area contributed by atoms with Crippen molar-refractivity contribution in [3.8, 4) is 0 Å². The van der Waals surface area contributed by atoms with Crippen molar-refractivity contribution in [1.82, 2.24) is 5.32 Å². The lowest BCUT2D eigenvalue weighted by atomic mass is 10.0. The maximum atomic E-state index is 11.3. The van der Waals surface area contributed by atoms with E-state index in [9.17, 15) is 9.59 Å². The van der Waals surface area contributed by atoms with Gasteiger partial charge >= 0.3 is 0 Å². The van der Waals surface area contributed by atoms with Crippen molar-refractivity contribution in [3.63, 3.8) is 0 Å². The number of hydrogen-bond donors (Lipinski definition) is 1. The third kappa shape index (κ3) is 10.7. The topological polar surface area (TPSA) is 64.6 Å². The number of nitrogens with one attached hydrogen (secondary N) is 1. The molecular weight excluding hydrogens is 282 g/mol. The van der Waals surface area contributed by atoms with Crippen LogP contribution in [0.15, 0.2) is 0 Å². The van der Waals surface area contributed by atoms with Gasteiger partial charge in [-0.1, -0.05) is 6.92 Å². The molecule has 1 amide bonds. The van der Waals surface area contributed by atoms with E-state index in [0.717, 1.165) is 6.42 Å². The number of rotatable bonds is 12. The molecule has 5 heteroatoms. The van der Waals surface area contributed by atoms with E-state index >= 15 is 0 Å². The third-order valence-corrected chi connectivity index (χ3v) is 3.70. The van der Waals surface area contributed by atoms with Crippen molar-refractivity contribution in [2.75, 3.05) is 20.3 Å². The van der Waals surface area contributed by atoms with Crippen molar-refractivity contribution in [1.29, 1.82) is 0 Å². The minimum atomic E-state index is -0.333. The molecule has 0 bridgehead atoms. The van der Waals surface area contributed by atoms with Crippen LogP contribution in [-0.2, 0) is 19.1 Å². The molecule has 0 aromatic carbocycles. The Labute approximate surface area is 135 Å². The minimum absolute atomic E-state index is 0.0286. The molecule has 130 valence electrons. The number of ketones is 1. The Morgan fingerprint density at radius 2 is 1.45 bits per heavy atom. The Morgan fingerprint density at radius 3 is 2.00 bits per heavy atom. The predicted molar refractivity (Wildman–Crippen MR) is 87.9 cm³/mol. The standard InChI is InChI=1S/C17H33NO4/c1-7-14(19)9-12-21-17(4,5)11-13-22-16(2,3)10-8-15(20)18-6/h7-13H2,1-6H3,(H,18,20). The Kier molecular flexibility index (Phi) is 9.53. The molecule has 0 aliphatic carbocycles. The smallest absolute Gasteiger partial charge is 0.219 e. The van der Waals surface area contributed by atoms with Crippen molar-refractivity contribution < 1.29 is 19.1 Å². The molecule has 0 saturated heterocycles. The third-order valence-electron chi connectivity index (χ3n) is 3.70. The van der Waals surface area contributed by atoms with Gasteiger partial charge in [-0.05, 0) is 40.5 Å². The maximum Gasteiger partial charge on any atom is 0.219 e. The predicted octanol–water partition coefficient (Wildman–Crippen LogP) is 2.86. The molecule has 1 N–H and O–H groups in total. The fourth-order valence-corrected chi connectivity index (χ4v) is 1.87. The summed E-state index contributed by atoms with van der Waals surface area (Å²) in [5.41, 5.74) is -0.647. The van der Waals surface area contributed by atoms with Gasteiger partial charge in [0.05, 0.1) is 24.4 Å². The summed E-state index contributed by atoms with van der Waals surface area (Å²) < 4.78 is 11.6. The summed E-state index contributed by atoms with van der Waals surface area (Å²) >= 11 is 0. The van der Waals surface area contributed by atoms with E-state index in [1.807, 2.05) is 34.6 Å². The minimum Gasteiger partial charge on any atom is -0.375 e. The van der Waals surface area contributed by atoms with Crippen molar-refractivity contribution in [2.24, 2.45) is 0 Å². The van der Waals surface area contributed by atoms with Gasteiger partial charge in [-0.15, -0.1) is 0 Å². The van der Waals surface area contributed by atoms with Gasteiger partial charge in [0, 0.05) is 26.3 Å². The van der Waals surface area contributed by atoms with Crippen LogP contribution in [0.3, 0.4) is 0 Å². The Hall–Kier alpha value is -0.940. The summed E-state index contributed by atoms with van der Waals surface area (Å²) in [5.74, 6) is 0.253. The molecule has 0 aromatic heterocycles. The molecule has 0 atom stereocenters. The van der Waals surface area contributed by atoms with Crippen molar-refractivity contribution >= 4 is 11.7 Å². The first kappa shape index (κ1) is 21.1. The average molecular weight is 315 g/mol. The Bertz CT molecular complexity index is 351. The second kappa shape index (κ2) is 9.95. The molecule has 22 heavy (non-hydrogen) atoms. The van der Waals surface area contributed by atoms with Crippen LogP contribution in [0.25, 0.3) is 0 Å². The van der Waals surface area contributed by atoms with Gasteiger partial charge < -0.3 is 14.8 Å². The van der Waals surface area contributed by atoms with Gasteiger partial charge in [0.25, 0.3) is 0 Å². The molecule has 0 spiro atoms. The molecule has 0 aliphatic heterocycles. The van der Waals surface area contributed by atoms with Crippen molar-refractivity contribution in [2.45, 2.75) is 77.9 Å². The van der Waals surface area contributed by atoms with Gasteiger partial charge in [0.1, 0.15) is 5.78 Å². The van der Waals surface area contributed by atoms with Gasteiger partial charge in [0.15, 0.2) is 0 Å². The Morgan fingerprint density at radius 1 is 0.909 bits per heavy atom. The van der Waals surface area contributed by atoms with Gasteiger partial charge in [0.2, 0.25) is 5.91 Å². The summed E-state index contributed by atoms with van der Waals surface area (Å²) in [4.78, 5) is 22.5. The summed E-state index contributed by atoms with van der Waals surface area (Å²) in [6.45, 7) is 10.9. The molecule has 0 unspecified atom stereocenters. The second-order valence-electron chi connectivity index (χ2n) is 6.78. The molecule has 0 aliphatic rings. The zero-order valence-corrected chi connectivity index (χ0v) is 15.1. The summed E-state index contributed by atoms with van der Waals surface area (Å²) in [5, 5.41) is 2.61. The van der Waals surface area contributed by atoms with Gasteiger partial charge in [-0.3, -0.25) is 9.59 Å². The highest BCUT2D eigenvalue weighted by Gasteiger charge is 2.23. The largest absolute Gasteiger partial charge is 0.375 e. The first-order valence-electron chi connectivity index (χ1n) is 8.12. The lowest BCUT2D eigenvalue weighted by molar-refractivity contribution is -0.124. The normalized spacial score (nSPS) is 12.3. The van der Waals surface area contributed by atoms with E-state index in [1.165, 1.54) is 0 Å². The molecular formula is C17H33NO4. The van der Waals surface area contributed by atoms with E-state index in [1.54, 1.807) is 7.05 Å². The number of amides is 1. The zero-order chi connectivity index (χ0) is 17.2. The monoisotopic (exact) mass is 315 g/mol. The fourth-order valence-electron chi connectivity index (χ4n) is 1.87. The first-order valence-corrected chi connectivity index (χ1v) is 8.12. The highest BCUT2D eigenvalue weighted by atomic mass is 16.5. The van der Waals surface area contributed by atoms with E-state index < -0.39 is 0 Å². The van der Waals surface area contributed by atoms with Crippen LogP contribution >= 0.6 is 0 Å². The van der Waals surface area contributed by atoms with Crippen LogP contribution < -0.4 is 5.32 Å². The quantitative estimate of drug-likeness (QED) is 0.601. The fraction of sp³-hybridized carbons (Fsp3) is 0.882. The average Bonchev–Trinajstić information content (AvgIpc) is 2.43. The van der Waals surface area contributed by atoms with Crippen molar-refractivity contribution in [3.05, 3.63) is 0 Å². The number of hydrogen-bond acceptors (Lipinski definition) is 4. The van der Waals surface area contributed by atoms with E-state index in [-0.39, 0.29) is 22.9 Å².